The molecule has 0 bridgehead atoms. The van der Waals surface area contributed by atoms with Gasteiger partial charge in [-0.25, -0.2) is 8.42 Å². The Hall–Kier alpha value is -2.49. The van der Waals surface area contributed by atoms with E-state index in [0.717, 1.165) is 37.2 Å². The van der Waals surface area contributed by atoms with Gasteiger partial charge in [-0.1, -0.05) is 30.5 Å². The van der Waals surface area contributed by atoms with Crippen molar-refractivity contribution in [3.05, 3.63) is 59.0 Å². The lowest BCUT2D eigenvalue weighted by atomic mass is 10.2. The summed E-state index contributed by atoms with van der Waals surface area (Å²) in [7, 11) is -3.75. The molecule has 0 saturated carbocycles. The minimum absolute atomic E-state index is 0.0211. The van der Waals surface area contributed by atoms with E-state index >= 15 is 0 Å². The lowest BCUT2D eigenvalue weighted by Crippen LogP contribution is -2.32. The highest BCUT2D eigenvalue weighted by atomic mass is 35.5. The molecule has 1 aliphatic heterocycles. The third kappa shape index (κ3) is 4.73. The van der Waals surface area contributed by atoms with Crippen LogP contribution < -0.4 is 5.32 Å². The van der Waals surface area contributed by atoms with Crippen molar-refractivity contribution in [2.45, 2.75) is 37.0 Å². The first-order chi connectivity index (χ1) is 15.0. The number of carbonyl (C=O) groups excluding carboxylic acids is 1. The first kappa shape index (κ1) is 21.7. The molecule has 3 heterocycles. The van der Waals surface area contributed by atoms with Crippen molar-refractivity contribution in [2.75, 3.05) is 19.6 Å². The molecule has 0 unspecified atom stereocenters. The van der Waals surface area contributed by atoms with Gasteiger partial charge in [0.25, 0.3) is 5.91 Å². The van der Waals surface area contributed by atoms with E-state index < -0.39 is 10.0 Å². The van der Waals surface area contributed by atoms with E-state index in [1.165, 1.54) is 22.5 Å². The highest BCUT2D eigenvalue weighted by molar-refractivity contribution is 7.89. The molecule has 31 heavy (non-hydrogen) atoms. The maximum absolute atomic E-state index is 13.1. The number of fused-ring (bicyclic) bond motifs is 1. The Morgan fingerprint density at radius 3 is 2.61 bits per heavy atom. The Labute approximate surface area is 186 Å². The fourth-order valence-electron chi connectivity index (χ4n) is 3.71. The van der Waals surface area contributed by atoms with E-state index in [0.29, 0.717) is 26.1 Å². The third-order valence-corrected chi connectivity index (χ3v) is 7.77. The zero-order valence-corrected chi connectivity index (χ0v) is 18.6. The van der Waals surface area contributed by atoms with Gasteiger partial charge in [-0.15, -0.1) is 10.2 Å². The molecular weight excluding hydrogens is 438 g/mol. The molecule has 1 saturated heterocycles. The summed E-state index contributed by atoms with van der Waals surface area (Å²) in [6.45, 7) is 1.29. The van der Waals surface area contributed by atoms with Gasteiger partial charge in [-0.3, -0.25) is 9.20 Å². The van der Waals surface area contributed by atoms with E-state index in [-0.39, 0.29) is 21.4 Å². The Bertz CT molecular complexity index is 1190. The van der Waals surface area contributed by atoms with Crippen LogP contribution in [0, 0.1) is 0 Å². The molecule has 4 rings (SSSR count). The van der Waals surface area contributed by atoms with Crippen molar-refractivity contribution < 1.29 is 13.2 Å². The number of pyridine rings is 1. The number of hydrogen-bond donors (Lipinski definition) is 1. The number of sulfonamides is 1. The largest absolute Gasteiger partial charge is 0.352 e. The molecule has 10 heteroatoms. The molecule has 2 aromatic heterocycles. The van der Waals surface area contributed by atoms with Crippen molar-refractivity contribution in [3.8, 4) is 0 Å². The van der Waals surface area contributed by atoms with Gasteiger partial charge in [-0.05, 0) is 43.2 Å². The van der Waals surface area contributed by atoms with Crippen molar-refractivity contribution >= 4 is 33.2 Å². The topological polar surface area (TPSA) is 96.7 Å². The second kappa shape index (κ2) is 9.33. The van der Waals surface area contributed by atoms with Crippen LogP contribution in [0.4, 0.5) is 0 Å². The lowest BCUT2D eigenvalue weighted by Gasteiger charge is -2.21. The lowest BCUT2D eigenvalue weighted by molar-refractivity contribution is 0.0953. The maximum Gasteiger partial charge on any atom is 0.251 e. The average Bonchev–Trinajstić information content (AvgIpc) is 2.97. The smallest absolute Gasteiger partial charge is 0.251 e. The predicted molar refractivity (Wildman–Crippen MR) is 118 cm³/mol. The summed E-state index contributed by atoms with van der Waals surface area (Å²) < 4.78 is 29.6. The van der Waals surface area contributed by atoms with Crippen molar-refractivity contribution in [3.63, 3.8) is 0 Å². The van der Waals surface area contributed by atoms with E-state index in [2.05, 4.69) is 15.5 Å². The molecule has 1 fully saturated rings. The van der Waals surface area contributed by atoms with Gasteiger partial charge in [0.1, 0.15) is 10.7 Å². The SMILES string of the molecule is O=C(NCCc1nnc2ccccn12)c1ccc(Cl)c(S(=O)(=O)N2CCCCCC2)c1. The number of nitrogens with one attached hydrogen (secondary N) is 1. The summed E-state index contributed by atoms with van der Waals surface area (Å²) in [4.78, 5) is 12.6. The molecular formula is C21H24ClN5O3S. The van der Waals surface area contributed by atoms with Crippen LogP contribution in [0.5, 0.6) is 0 Å². The quantitative estimate of drug-likeness (QED) is 0.608. The maximum atomic E-state index is 13.1. The zero-order chi connectivity index (χ0) is 21.8. The first-order valence-corrected chi connectivity index (χ1v) is 12.2. The molecule has 0 radical (unpaired) electrons. The molecule has 0 atom stereocenters. The average molecular weight is 462 g/mol. The molecule has 1 amide bonds. The number of rotatable bonds is 6. The van der Waals surface area contributed by atoms with Gasteiger partial charge >= 0.3 is 0 Å². The fourth-order valence-corrected chi connectivity index (χ4v) is 5.73. The monoisotopic (exact) mass is 461 g/mol. The number of amides is 1. The fraction of sp³-hybridized carbons (Fsp3) is 0.381. The summed E-state index contributed by atoms with van der Waals surface area (Å²) in [6, 6.07) is 9.99. The summed E-state index contributed by atoms with van der Waals surface area (Å²) in [5, 5.41) is 11.2. The number of nitrogens with zero attached hydrogens (tertiary/aromatic N) is 4. The van der Waals surface area contributed by atoms with E-state index in [4.69, 9.17) is 11.6 Å². The van der Waals surface area contributed by atoms with Crippen LogP contribution in [-0.2, 0) is 16.4 Å². The highest BCUT2D eigenvalue weighted by Gasteiger charge is 2.28. The van der Waals surface area contributed by atoms with Gasteiger partial charge in [-0.2, -0.15) is 4.31 Å². The molecule has 1 aromatic carbocycles. The molecule has 1 N–H and O–H groups in total. The molecule has 8 nitrogen and oxygen atoms in total. The number of benzene rings is 1. The molecule has 1 aliphatic rings. The van der Waals surface area contributed by atoms with Crippen LogP contribution in [0.2, 0.25) is 5.02 Å². The summed E-state index contributed by atoms with van der Waals surface area (Å²) in [5.74, 6) is 0.370. The van der Waals surface area contributed by atoms with Crippen LogP contribution in [0.25, 0.3) is 5.65 Å². The number of aromatic nitrogens is 3. The van der Waals surface area contributed by atoms with Crippen molar-refractivity contribution in [1.29, 1.82) is 0 Å². The van der Waals surface area contributed by atoms with Gasteiger partial charge < -0.3 is 5.32 Å². The van der Waals surface area contributed by atoms with Crippen LogP contribution in [0.3, 0.4) is 0 Å². The zero-order valence-electron chi connectivity index (χ0n) is 17.0. The first-order valence-electron chi connectivity index (χ1n) is 10.3. The highest BCUT2D eigenvalue weighted by Crippen LogP contribution is 2.27. The van der Waals surface area contributed by atoms with Crippen LogP contribution in [-0.4, -0.2) is 52.9 Å². The Balaban J connectivity index is 1.46. The van der Waals surface area contributed by atoms with Crippen molar-refractivity contribution in [2.24, 2.45) is 0 Å². The second-order valence-corrected chi connectivity index (χ2v) is 9.83. The Kier molecular flexibility index (Phi) is 6.54. The third-order valence-electron chi connectivity index (χ3n) is 5.39. The molecule has 0 spiro atoms. The molecule has 3 aromatic rings. The number of halogens is 1. The molecule has 0 aliphatic carbocycles. The van der Waals surface area contributed by atoms with Gasteiger partial charge in [0.15, 0.2) is 5.65 Å². The normalized spacial score (nSPS) is 15.6. The summed E-state index contributed by atoms with van der Waals surface area (Å²) >= 11 is 6.22. The summed E-state index contributed by atoms with van der Waals surface area (Å²) in [5.41, 5.74) is 0.994. The van der Waals surface area contributed by atoms with E-state index in [1.807, 2.05) is 28.8 Å². The van der Waals surface area contributed by atoms with Crippen LogP contribution >= 0.6 is 11.6 Å². The minimum Gasteiger partial charge on any atom is -0.352 e. The van der Waals surface area contributed by atoms with Gasteiger partial charge in [0, 0.05) is 37.8 Å². The van der Waals surface area contributed by atoms with Gasteiger partial charge in [0.05, 0.1) is 5.02 Å². The predicted octanol–water partition coefficient (Wildman–Crippen LogP) is 2.92. The van der Waals surface area contributed by atoms with Crippen LogP contribution in [0.15, 0.2) is 47.5 Å². The van der Waals surface area contributed by atoms with Crippen molar-refractivity contribution in [1.82, 2.24) is 24.2 Å². The standard InChI is InChI=1S/C21H24ClN5O3S/c22-17-9-8-16(15-18(17)31(29,30)26-12-4-1-2-5-13-26)21(28)23-11-10-20-25-24-19-7-3-6-14-27(19)20/h3,6-9,14-15H,1-2,4-5,10-13H2,(H,23,28). The number of carbonyl (C=O) groups is 1. The Morgan fingerprint density at radius 2 is 1.84 bits per heavy atom. The minimum atomic E-state index is -3.75. The summed E-state index contributed by atoms with van der Waals surface area (Å²) in [6.07, 6.45) is 6.05. The Morgan fingerprint density at radius 1 is 1.06 bits per heavy atom. The van der Waals surface area contributed by atoms with Gasteiger partial charge in [0.2, 0.25) is 10.0 Å². The second-order valence-electron chi connectivity index (χ2n) is 7.51. The molecule has 164 valence electrons. The number of hydrogen-bond acceptors (Lipinski definition) is 5. The van der Waals surface area contributed by atoms with Crippen LogP contribution in [0.1, 0.15) is 41.9 Å². The van der Waals surface area contributed by atoms with E-state index in [9.17, 15) is 13.2 Å². The van der Waals surface area contributed by atoms with E-state index in [1.54, 1.807) is 0 Å².